The Hall–Kier alpha value is -1.96. The molecule has 3 aliphatic heterocycles. The van der Waals surface area contributed by atoms with Crippen molar-refractivity contribution in [2.45, 2.75) is 63.3 Å². The van der Waals surface area contributed by atoms with Crippen molar-refractivity contribution in [3.63, 3.8) is 0 Å². The van der Waals surface area contributed by atoms with Crippen molar-refractivity contribution in [2.75, 3.05) is 13.2 Å². The van der Waals surface area contributed by atoms with Gasteiger partial charge in [-0.1, -0.05) is 30.3 Å². The van der Waals surface area contributed by atoms with E-state index in [-0.39, 0.29) is 48.6 Å². The first kappa shape index (κ1) is 23.7. The van der Waals surface area contributed by atoms with E-state index in [9.17, 15) is 14.4 Å². The highest BCUT2D eigenvalue weighted by molar-refractivity contribution is 5.92. The Bertz CT molecular complexity index is 767. The number of Topliss-reactive ketones (excluding diaryl/α,β-unsaturated/α-hetero) is 1. The topological polar surface area (TPSA) is 96.5 Å². The summed E-state index contributed by atoms with van der Waals surface area (Å²) in [5.74, 6) is -0.259. The van der Waals surface area contributed by atoms with Gasteiger partial charge in [-0.25, -0.2) is 0 Å². The van der Waals surface area contributed by atoms with Crippen molar-refractivity contribution in [1.29, 1.82) is 0 Å². The molecule has 0 radical (unpaired) electrons. The standard InChI is InChI=1S/C23H31N3O4.ClH/c27-20(14-30-13-15-4-2-1-3-5-15)19(12-17-10-11-24-22(17)28)26-23(29)21-16-6-8-18(25-21)9-7-16;/h1-5,16-19,21,25H,6-14H2,(H,24,28)(H,26,29);1H/t16?,17-,18?,19-,21+;/m0./s1. The van der Waals surface area contributed by atoms with Gasteiger partial charge in [-0.2, -0.15) is 0 Å². The molecule has 2 bridgehead atoms. The van der Waals surface area contributed by atoms with E-state index in [0.29, 0.717) is 38.0 Å². The van der Waals surface area contributed by atoms with Crippen molar-refractivity contribution in [3.8, 4) is 0 Å². The molecule has 3 saturated heterocycles. The molecule has 1 saturated carbocycles. The predicted octanol–water partition coefficient (Wildman–Crippen LogP) is 1.74. The number of nitrogens with one attached hydrogen (secondary N) is 3. The van der Waals surface area contributed by atoms with E-state index < -0.39 is 6.04 Å². The Labute approximate surface area is 189 Å². The minimum Gasteiger partial charge on any atom is -0.369 e. The van der Waals surface area contributed by atoms with Crippen LogP contribution in [0.25, 0.3) is 0 Å². The summed E-state index contributed by atoms with van der Waals surface area (Å²) in [5, 5.41) is 9.20. The zero-order chi connectivity index (χ0) is 20.9. The maximum atomic E-state index is 13.0. The van der Waals surface area contributed by atoms with Gasteiger partial charge in [-0.05, 0) is 50.0 Å². The molecule has 1 aliphatic carbocycles. The van der Waals surface area contributed by atoms with Gasteiger partial charge in [0.15, 0.2) is 5.78 Å². The minimum absolute atomic E-state index is 0. The summed E-state index contributed by atoms with van der Waals surface area (Å²) < 4.78 is 5.61. The number of piperidine rings is 2. The van der Waals surface area contributed by atoms with Gasteiger partial charge in [0.1, 0.15) is 6.61 Å². The van der Waals surface area contributed by atoms with Crippen molar-refractivity contribution in [2.24, 2.45) is 11.8 Å². The van der Waals surface area contributed by atoms with E-state index >= 15 is 0 Å². The first-order chi connectivity index (χ1) is 14.6. The summed E-state index contributed by atoms with van der Waals surface area (Å²) in [7, 11) is 0. The molecular formula is C23H32ClN3O4. The molecular weight excluding hydrogens is 418 g/mol. The van der Waals surface area contributed by atoms with Gasteiger partial charge in [-0.3, -0.25) is 14.4 Å². The third-order valence-corrected chi connectivity index (χ3v) is 6.69. The Balaban J connectivity index is 0.00000272. The van der Waals surface area contributed by atoms with Crippen LogP contribution in [0.3, 0.4) is 0 Å². The smallest absolute Gasteiger partial charge is 0.238 e. The molecule has 2 amide bonds. The maximum absolute atomic E-state index is 13.0. The van der Waals surface area contributed by atoms with Crippen molar-refractivity contribution in [3.05, 3.63) is 35.9 Å². The second-order valence-corrected chi connectivity index (χ2v) is 8.77. The fraction of sp³-hybridized carbons (Fsp3) is 0.609. The third-order valence-electron chi connectivity index (χ3n) is 6.69. The van der Waals surface area contributed by atoms with Crippen LogP contribution in [0.4, 0.5) is 0 Å². The number of rotatable bonds is 9. The molecule has 4 aliphatic rings. The number of halogens is 1. The van der Waals surface area contributed by atoms with E-state index in [4.69, 9.17) is 4.74 Å². The van der Waals surface area contributed by atoms with Gasteiger partial charge in [-0.15, -0.1) is 12.4 Å². The zero-order valence-corrected chi connectivity index (χ0v) is 18.5. The summed E-state index contributed by atoms with van der Waals surface area (Å²) in [6.45, 7) is 0.875. The molecule has 170 valence electrons. The normalized spacial score (nSPS) is 27.8. The quantitative estimate of drug-likeness (QED) is 0.533. The predicted molar refractivity (Wildman–Crippen MR) is 119 cm³/mol. The maximum Gasteiger partial charge on any atom is 0.238 e. The van der Waals surface area contributed by atoms with Crippen molar-refractivity contribution in [1.82, 2.24) is 16.0 Å². The molecule has 0 unspecified atom stereocenters. The second-order valence-electron chi connectivity index (χ2n) is 8.77. The lowest BCUT2D eigenvalue weighted by Crippen LogP contribution is -2.60. The molecule has 0 aromatic heterocycles. The van der Waals surface area contributed by atoms with Gasteiger partial charge < -0.3 is 20.7 Å². The SMILES string of the molecule is Cl.O=C1NCC[C@H]1C[C@H](NC(=O)[C@@H]1NC2CCC1CC2)C(=O)COCc1ccccc1. The van der Waals surface area contributed by atoms with Gasteiger partial charge in [0.2, 0.25) is 11.8 Å². The average molecular weight is 450 g/mol. The highest BCUT2D eigenvalue weighted by atomic mass is 35.5. The van der Waals surface area contributed by atoms with E-state index in [0.717, 1.165) is 31.2 Å². The number of carbonyl (C=O) groups is 3. The van der Waals surface area contributed by atoms with Crippen LogP contribution in [0.2, 0.25) is 0 Å². The molecule has 1 aromatic carbocycles. The van der Waals surface area contributed by atoms with E-state index in [2.05, 4.69) is 16.0 Å². The van der Waals surface area contributed by atoms with Crippen LogP contribution in [-0.2, 0) is 25.7 Å². The summed E-state index contributed by atoms with van der Waals surface area (Å²) in [5.41, 5.74) is 0.989. The summed E-state index contributed by atoms with van der Waals surface area (Å²) in [4.78, 5) is 37.9. The Morgan fingerprint density at radius 1 is 1.10 bits per heavy atom. The molecule has 3 heterocycles. The highest BCUT2D eigenvalue weighted by Gasteiger charge is 2.40. The minimum atomic E-state index is -0.704. The number of ketones is 1. The fourth-order valence-corrected chi connectivity index (χ4v) is 4.93. The van der Waals surface area contributed by atoms with Crippen LogP contribution in [-0.4, -0.2) is 48.9 Å². The average Bonchev–Trinajstić information content (AvgIpc) is 3.19. The lowest BCUT2D eigenvalue weighted by atomic mass is 9.76. The number of hydrogen-bond acceptors (Lipinski definition) is 5. The zero-order valence-electron chi connectivity index (χ0n) is 17.7. The molecule has 7 nitrogen and oxygen atoms in total. The van der Waals surface area contributed by atoms with Gasteiger partial charge in [0, 0.05) is 18.5 Å². The van der Waals surface area contributed by atoms with Crippen molar-refractivity contribution < 1.29 is 19.1 Å². The van der Waals surface area contributed by atoms with E-state index in [1.54, 1.807) is 0 Å². The van der Waals surface area contributed by atoms with Gasteiger partial charge >= 0.3 is 0 Å². The van der Waals surface area contributed by atoms with Crippen LogP contribution in [0, 0.1) is 11.8 Å². The third kappa shape index (κ3) is 6.05. The largest absolute Gasteiger partial charge is 0.369 e. The molecule has 1 aromatic rings. The summed E-state index contributed by atoms with van der Waals surface area (Å²) in [6.07, 6.45) is 5.36. The molecule has 31 heavy (non-hydrogen) atoms. The number of hydrogen-bond donors (Lipinski definition) is 3. The molecule has 4 fully saturated rings. The number of amides is 2. The van der Waals surface area contributed by atoms with Gasteiger partial charge in [0.25, 0.3) is 0 Å². The number of carbonyl (C=O) groups excluding carboxylic acids is 3. The van der Waals surface area contributed by atoms with Crippen LogP contribution < -0.4 is 16.0 Å². The molecule has 5 rings (SSSR count). The van der Waals surface area contributed by atoms with Gasteiger partial charge in [0.05, 0.1) is 18.7 Å². The summed E-state index contributed by atoms with van der Waals surface area (Å²) in [6, 6.07) is 9.11. The van der Waals surface area contributed by atoms with Crippen LogP contribution in [0.5, 0.6) is 0 Å². The number of ether oxygens (including phenoxy) is 1. The van der Waals surface area contributed by atoms with Crippen LogP contribution in [0.1, 0.15) is 44.1 Å². The van der Waals surface area contributed by atoms with E-state index in [1.165, 1.54) is 0 Å². The Morgan fingerprint density at radius 3 is 2.45 bits per heavy atom. The molecule has 0 spiro atoms. The van der Waals surface area contributed by atoms with E-state index in [1.807, 2.05) is 30.3 Å². The monoisotopic (exact) mass is 449 g/mol. The lowest BCUT2D eigenvalue weighted by Gasteiger charge is -2.43. The first-order valence-electron chi connectivity index (χ1n) is 11.1. The molecule has 8 heteroatoms. The second kappa shape index (κ2) is 11.1. The van der Waals surface area contributed by atoms with Crippen molar-refractivity contribution >= 4 is 30.0 Å². The van der Waals surface area contributed by atoms with Crippen LogP contribution in [0.15, 0.2) is 30.3 Å². The molecule has 3 atom stereocenters. The van der Waals surface area contributed by atoms with Crippen LogP contribution >= 0.6 is 12.4 Å². The Morgan fingerprint density at radius 2 is 1.84 bits per heavy atom. The number of benzene rings is 1. The lowest BCUT2D eigenvalue weighted by molar-refractivity contribution is -0.134. The fourth-order valence-electron chi connectivity index (χ4n) is 4.93. The molecule has 3 N–H and O–H groups in total. The first-order valence-corrected chi connectivity index (χ1v) is 11.1. The highest BCUT2D eigenvalue weighted by Crippen LogP contribution is 2.33. The summed E-state index contributed by atoms with van der Waals surface area (Å²) >= 11 is 0. The number of fused-ring (bicyclic) bond motifs is 3. The Kier molecular flexibility index (Phi) is 8.46.